The maximum absolute atomic E-state index is 14.0. The third kappa shape index (κ3) is 7.90. The number of likely N-dealkylation sites (tertiary alicyclic amines) is 2. The minimum atomic E-state index is -1.23. The number of nitrogens with zero attached hydrogens (tertiary/aromatic N) is 2. The Morgan fingerprint density at radius 3 is 2.44 bits per heavy atom. The molecule has 5 atom stereocenters. The van der Waals surface area contributed by atoms with Crippen LogP contribution < -0.4 is 5.32 Å². The number of carbonyl (C=O) groups is 3. The first kappa shape index (κ1) is 30.8. The highest BCUT2D eigenvalue weighted by atomic mass is 19.1. The van der Waals surface area contributed by atoms with E-state index < -0.39 is 59.3 Å². The summed E-state index contributed by atoms with van der Waals surface area (Å²) in [5.74, 6) is -3.06. The predicted octanol–water partition coefficient (Wildman–Crippen LogP) is 4.04. The third-order valence-electron chi connectivity index (χ3n) is 7.53. The molecule has 0 bridgehead atoms. The summed E-state index contributed by atoms with van der Waals surface area (Å²) in [5, 5.41) is 14.4. The van der Waals surface area contributed by atoms with Gasteiger partial charge in [0.05, 0.1) is 30.0 Å². The zero-order chi connectivity index (χ0) is 28.9. The number of amides is 3. The van der Waals surface area contributed by atoms with Crippen molar-refractivity contribution in [2.24, 2.45) is 11.8 Å². The van der Waals surface area contributed by atoms with Gasteiger partial charge < -0.3 is 25.0 Å². The second-order valence-electron chi connectivity index (χ2n) is 11.7. The maximum Gasteiger partial charge on any atom is 0.410 e. The highest BCUT2D eigenvalue weighted by molar-refractivity contribution is 5.91. The van der Waals surface area contributed by atoms with Crippen LogP contribution in [0.1, 0.15) is 72.3 Å². The number of nitrogens with one attached hydrogen (secondary N) is 1. The highest BCUT2D eigenvalue weighted by Gasteiger charge is 2.45. The van der Waals surface area contributed by atoms with Crippen molar-refractivity contribution in [1.82, 2.24) is 15.1 Å². The van der Waals surface area contributed by atoms with E-state index in [2.05, 4.69) is 5.32 Å². The summed E-state index contributed by atoms with van der Waals surface area (Å²) in [6, 6.07) is 1.47. The van der Waals surface area contributed by atoms with E-state index in [9.17, 15) is 28.3 Å². The average Bonchev–Trinajstić information content (AvgIpc) is 3.45. The summed E-state index contributed by atoms with van der Waals surface area (Å²) in [5.41, 5.74) is -0.465. The number of carbonyl (C=O) groups excluding carboxylic acids is 3. The SMILES string of the molecule is CCCCN1C[C@@H](C(=O)N[C@@H](Cc2cc(F)cc(F)c2)[C@H](O)[C@H]2CCCN2C(=O)OC(C)(C)C)[C@H](CC)C1=O. The molecule has 8 nitrogen and oxygen atoms in total. The number of hydrogen-bond donors (Lipinski definition) is 2. The number of hydrogen-bond acceptors (Lipinski definition) is 5. The van der Waals surface area contributed by atoms with Gasteiger partial charge in [0.1, 0.15) is 17.2 Å². The van der Waals surface area contributed by atoms with E-state index in [1.54, 1.807) is 25.7 Å². The van der Waals surface area contributed by atoms with Crippen LogP contribution in [0, 0.1) is 23.5 Å². The van der Waals surface area contributed by atoms with E-state index in [1.807, 2.05) is 13.8 Å². The molecule has 0 spiro atoms. The molecule has 2 saturated heterocycles. The van der Waals surface area contributed by atoms with Crippen molar-refractivity contribution in [3.63, 3.8) is 0 Å². The number of aliphatic hydroxyl groups excluding tert-OH is 1. The Kier molecular flexibility index (Phi) is 10.3. The molecule has 2 N–H and O–H groups in total. The first-order chi connectivity index (χ1) is 18.3. The Labute approximate surface area is 230 Å². The molecule has 1 aromatic carbocycles. The Balaban J connectivity index is 1.85. The van der Waals surface area contributed by atoms with E-state index in [4.69, 9.17) is 4.74 Å². The molecular weight excluding hydrogens is 508 g/mol. The van der Waals surface area contributed by atoms with Crippen molar-refractivity contribution in [1.29, 1.82) is 0 Å². The molecule has 2 heterocycles. The fourth-order valence-electron chi connectivity index (χ4n) is 5.63. The van der Waals surface area contributed by atoms with Crippen LogP contribution in [0.25, 0.3) is 0 Å². The van der Waals surface area contributed by atoms with Gasteiger partial charge in [-0.3, -0.25) is 9.59 Å². The van der Waals surface area contributed by atoms with Crippen LogP contribution in [-0.4, -0.2) is 76.2 Å². The van der Waals surface area contributed by atoms with Crippen molar-refractivity contribution in [2.45, 2.75) is 96.9 Å². The van der Waals surface area contributed by atoms with Gasteiger partial charge in [-0.2, -0.15) is 0 Å². The van der Waals surface area contributed by atoms with Gasteiger partial charge in [-0.25, -0.2) is 13.6 Å². The Bertz CT molecular complexity index is 1010. The monoisotopic (exact) mass is 551 g/mol. The topological polar surface area (TPSA) is 99.2 Å². The van der Waals surface area contributed by atoms with Gasteiger partial charge in [0, 0.05) is 25.7 Å². The second kappa shape index (κ2) is 13.1. The van der Waals surface area contributed by atoms with E-state index in [1.165, 1.54) is 4.90 Å². The maximum atomic E-state index is 14.0. The Morgan fingerprint density at radius 1 is 1.18 bits per heavy atom. The smallest absolute Gasteiger partial charge is 0.410 e. The second-order valence-corrected chi connectivity index (χ2v) is 11.7. The molecule has 3 amide bonds. The largest absolute Gasteiger partial charge is 0.444 e. The van der Waals surface area contributed by atoms with Gasteiger partial charge >= 0.3 is 6.09 Å². The lowest BCUT2D eigenvalue weighted by atomic mass is 9.90. The molecule has 0 saturated carbocycles. The summed E-state index contributed by atoms with van der Waals surface area (Å²) >= 11 is 0. The molecule has 2 aliphatic heterocycles. The fourth-order valence-corrected chi connectivity index (χ4v) is 5.63. The third-order valence-corrected chi connectivity index (χ3v) is 7.53. The van der Waals surface area contributed by atoms with Crippen molar-refractivity contribution in [3.05, 3.63) is 35.4 Å². The van der Waals surface area contributed by atoms with Gasteiger partial charge in [0.25, 0.3) is 0 Å². The van der Waals surface area contributed by atoms with Crippen LogP contribution in [0.5, 0.6) is 0 Å². The molecule has 2 fully saturated rings. The molecule has 3 rings (SSSR count). The number of halogens is 2. The number of ether oxygens (including phenoxy) is 1. The minimum absolute atomic E-state index is 0.0534. The average molecular weight is 552 g/mol. The Morgan fingerprint density at radius 2 is 1.85 bits per heavy atom. The molecule has 0 aromatic heterocycles. The van der Waals surface area contributed by atoms with E-state index in [0.717, 1.165) is 31.0 Å². The van der Waals surface area contributed by atoms with Crippen molar-refractivity contribution < 1.29 is 33.0 Å². The lowest BCUT2D eigenvalue weighted by Gasteiger charge is -2.35. The van der Waals surface area contributed by atoms with Crippen molar-refractivity contribution in [3.8, 4) is 0 Å². The van der Waals surface area contributed by atoms with E-state index >= 15 is 0 Å². The molecule has 10 heteroatoms. The lowest BCUT2D eigenvalue weighted by molar-refractivity contribution is -0.134. The van der Waals surface area contributed by atoms with Crippen LogP contribution in [0.15, 0.2) is 18.2 Å². The number of rotatable bonds is 10. The molecule has 39 heavy (non-hydrogen) atoms. The van der Waals surface area contributed by atoms with Gasteiger partial charge in [0.15, 0.2) is 0 Å². The van der Waals surface area contributed by atoms with E-state index in [0.29, 0.717) is 32.4 Å². The minimum Gasteiger partial charge on any atom is -0.444 e. The van der Waals surface area contributed by atoms with Crippen LogP contribution >= 0.6 is 0 Å². The van der Waals surface area contributed by atoms with Gasteiger partial charge in [-0.1, -0.05) is 20.3 Å². The molecule has 218 valence electrons. The highest BCUT2D eigenvalue weighted by Crippen LogP contribution is 2.30. The van der Waals surface area contributed by atoms with Crippen LogP contribution in [0.3, 0.4) is 0 Å². The summed E-state index contributed by atoms with van der Waals surface area (Å²) < 4.78 is 33.5. The molecule has 0 aliphatic carbocycles. The number of benzene rings is 1. The first-order valence-electron chi connectivity index (χ1n) is 14.1. The van der Waals surface area contributed by atoms with Crippen molar-refractivity contribution in [2.75, 3.05) is 19.6 Å². The van der Waals surface area contributed by atoms with Crippen LogP contribution in [0.4, 0.5) is 13.6 Å². The zero-order valence-electron chi connectivity index (χ0n) is 23.7. The zero-order valence-corrected chi connectivity index (χ0v) is 23.7. The van der Waals surface area contributed by atoms with Crippen molar-refractivity contribution >= 4 is 17.9 Å². The normalized spacial score (nSPS) is 23.2. The quantitative estimate of drug-likeness (QED) is 0.458. The summed E-state index contributed by atoms with van der Waals surface area (Å²) in [6.45, 7) is 10.4. The Hall–Kier alpha value is -2.75. The summed E-state index contributed by atoms with van der Waals surface area (Å²) in [7, 11) is 0. The number of unbranched alkanes of at least 4 members (excludes halogenated alkanes) is 1. The lowest BCUT2D eigenvalue weighted by Crippen LogP contribution is -2.56. The van der Waals surface area contributed by atoms with E-state index in [-0.39, 0.29) is 24.4 Å². The molecule has 0 unspecified atom stereocenters. The van der Waals surface area contributed by atoms with Gasteiger partial charge in [0.2, 0.25) is 11.8 Å². The molecule has 0 radical (unpaired) electrons. The first-order valence-corrected chi connectivity index (χ1v) is 14.1. The molecule has 1 aromatic rings. The van der Waals surface area contributed by atoms with Crippen LogP contribution in [-0.2, 0) is 20.7 Å². The predicted molar refractivity (Wildman–Crippen MR) is 143 cm³/mol. The number of aliphatic hydroxyl groups is 1. The standard InChI is InChI=1S/C29H43F2N3O5/c1-6-8-11-33-17-22(21(7-2)27(33)37)26(36)32-23(15-18-13-19(30)16-20(31)14-18)25(35)24-10-9-12-34(24)28(38)39-29(3,4)5/h13-14,16,21-25,35H,6-12,15,17H2,1-5H3,(H,32,36)/t21-,22+,23-,24+,25-/m0/s1. The summed E-state index contributed by atoms with van der Waals surface area (Å²) in [4.78, 5) is 42.6. The van der Waals surface area contributed by atoms with Gasteiger partial charge in [-0.15, -0.1) is 0 Å². The molecular formula is C29H43F2N3O5. The van der Waals surface area contributed by atoms with Crippen LogP contribution in [0.2, 0.25) is 0 Å². The molecule has 2 aliphatic rings. The van der Waals surface area contributed by atoms with Gasteiger partial charge in [-0.05, 0) is 70.6 Å². The fraction of sp³-hybridized carbons (Fsp3) is 0.690. The summed E-state index contributed by atoms with van der Waals surface area (Å²) in [6.07, 6.45) is 1.52.